The van der Waals surface area contributed by atoms with E-state index in [2.05, 4.69) is 27.9 Å². The Bertz CT molecular complexity index is 482. The number of ether oxygens (including phenoxy) is 1. The highest BCUT2D eigenvalue weighted by atomic mass is 16.5. The van der Waals surface area contributed by atoms with Crippen LogP contribution in [0.4, 0.5) is 0 Å². The van der Waals surface area contributed by atoms with Crippen LogP contribution in [0.25, 0.3) is 0 Å². The van der Waals surface area contributed by atoms with Gasteiger partial charge in [-0.2, -0.15) is 0 Å². The monoisotopic (exact) mass is 323 g/mol. The molecule has 0 spiro atoms. The molecular formula is C18H31N2O3+. The molecule has 1 atom stereocenters. The van der Waals surface area contributed by atoms with Crippen LogP contribution in [0.1, 0.15) is 43.7 Å². The van der Waals surface area contributed by atoms with Gasteiger partial charge in [-0.1, -0.05) is 0 Å². The average molecular weight is 323 g/mol. The van der Waals surface area contributed by atoms with Crippen molar-refractivity contribution in [3.63, 3.8) is 0 Å². The van der Waals surface area contributed by atoms with Gasteiger partial charge in [-0.15, -0.1) is 0 Å². The summed E-state index contributed by atoms with van der Waals surface area (Å²) in [7, 11) is 4.28. The summed E-state index contributed by atoms with van der Waals surface area (Å²) >= 11 is 0. The largest absolute Gasteiger partial charge is 0.459 e. The number of hydrogen-bond donors (Lipinski definition) is 1. The maximum absolute atomic E-state index is 12.7. The molecule has 1 fully saturated rings. The van der Waals surface area contributed by atoms with Gasteiger partial charge < -0.3 is 19.0 Å². The van der Waals surface area contributed by atoms with Crippen LogP contribution in [-0.4, -0.2) is 56.7 Å². The second kappa shape index (κ2) is 7.97. The van der Waals surface area contributed by atoms with E-state index >= 15 is 0 Å². The molecule has 0 radical (unpaired) electrons. The van der Waals surface area contributed by atoms with E-state index in [0.717, 1.165) is 45.5 Å². The molecule has 0 aliphatic carbocycles. The van der Waals surface area contributed by atoms with Gasteiger partial charge in [0.2, 0.25) is 0 Å². The molecule has 130 valence electrons. The summed E-state index contributed by atoms with van der Waals surface area (Å²) in [6.07, 6.45) is 4.58. The summed E-state index contributed by atoms with van der Waals surface area (Å²) in [5, 5.41) is 0. The minimum absolute atomic E-state index is 0.00746. The van der Waals surface area contributed by atoms with E-state index < -0.39 is 0 Å². The second-order valence-electron chi connectivity index (χ2n) is 7.51. The summed E-state index contributed by atoms with van der Waals surface area (Å²) in [6, 6.07) is 3.52. The minimum atomic E-state index is -0.0872. The molecule has 0 bridgehead atoms. The normalized spacial score (nSPS) is 20.7. The first-order valence-electron chi connectivity index (χ1n) is 8.63. The third-order valence-corrected chi connectivity index (χ3v) is 4.40. The predicted molar refractivity (Wildman–Crippen MR) is 89.7 cm³/mol. The Morgan fingerprint density at radius 3 is 2.83 bits per heavy atom. The van der Waals surface area contributed by atoms with Gasteiger partial charge in [0.15, 0.2) is 5.76 Å². The lowest BCUT2D eigenvalue weighted by molar-refractivity contribution is -0.858. The van der Waals surface area contributed by atoms with Crippen LogP contribution >= 0.6 is 0 Å². The fraction of sp³-hybridized carbons (Fsp3) is 0.722. The van der Waals surface area contributed by atoms with Crippen molar-refractivity contribution in [3.8, 4) is 0 Å². The third kappa shape index (κ3) is 5.66. The number of nitrogens with one attached hydrogen (secondary N) is 1. The topological polar surface area (TPSA) is 47.1 Å². The number of nitrogens with zero attached hydrogens (tertiary/aromatic N) is 1. The van der Waals surface area contributed by atoms with Crippen molar-refractivity contribution < 1.29 is 18.8 Å². The molecule has 1 amide bonds. The first-order valence-corrected chi connectivity index (χ1v) is 8.63. The van der Waals surface area contributed by atoms with Crippen LogP contribution in [0.5, 0.6) is 0 Å². The molecule has 23 heavy (non-hydrogen) atoms. The van der Waals surface area contributed by atoms with Crippen LogP contribution < -0.4 is 4.90 Å². The quantitative estimate of drug-likeness (QED) is 0.826. The highest BCUT2D eigenvalue weighted by Gasteiger charge is 2.31. The molecular weight excluding hydrogens is 292 g/mol. The zero-order valence-electron chi connectivity index (χ0n) is 14.9. The molecule has 0 saturated carbocycles. The van der Waals surface area contributed by atoms with Crippen LogP contribution in [0.2, 0.25) is 0 Å². The Morgan fingerprint density at radius 2 is 2.22 bits per heavy atom. The summed E-state index contributed by atoms with van der Waals surface area (Å²) in [6.45, 7) is 7.67. The van der Waals surface area contributed by atoms with Gasteiger partial charge in [0, 0.05) is 26.1 Å². The molecule has 1 saturated heterocycles. The minimum Gasteiger partial charge on any atom is -0.459 e. The first kappa shape index (κ1) is 18.0. The lowest BCUT2D eigenvalue weighted by Gasteiger charge is -2.37. The van der Waals surface area contributed by atoms with Gasteiger partial charge in [-0.25, -0.2) is 0 Å². The van der Waals surface area contributed by atoms with Crippen molar-refractivity contribution in [1.82, 2.24) is 4.90 Å². The van der Waals surface area contributed by atoms with E-state index in [1.165, 1.54) is 4.90 Å². The van der Waals surface area contributed by atoms with Crippen molar-refractivity contribution in [2.75, 3.05) is 40.3 Å². The molecule has 1 aliphatic rings. The van der Waals surface area contributed by atoms with Crippen molar-refractivity contribution in [2.24, 2.45) is 5.92 Å². The van der Waals surface area contributed by atoms with E-state index in [9.17, 15) is 4.79 Å². The maximum Gasteiger partial charge on any atom is 0.289 e. The molecule has 1 N–H and O–H groups in total. The van der Waals surface area contributed by atoms with Gasteiger partial charge in [0.25, 0.3) is 5.91 Å². The highest BCUT2D eigenvalue weighted by molar-refractivity contribution is 5.91. The van der Waals surface area contributed by atoms with Crippen LogP contribution in [0.15, 0.2) is 22.8 Å². The third-order valence-electron chi connectivity index (χ3n) is 4.40. The maximum atomic E-state index is 12.7. The van der Waals surface area contributed by atoms with E-state index in [1.807, 2.05) is 4.90 Å². The Hall–Kier alpha value is -1.33. The molecule has 0 unspecified atom stereocenters. The number of carbonyl (C=O) groups excluding carboxylic acids is 1. The molecule has 1 aromatic rings. The summed E-state index contributed by atoms with van der Waals surface area (Å²) in [4.78, 5) is 16.1. The van der Waals surface area contributed by atoms with Gasteiger partial charge in [0.05, 0.1) is 32.5 Å². The van der Waals surface area contributed by atoms with Crippen molar-refractivity contribution in [2.45, 2.75) is 38.7 Å². The zero-order valence-corrected chi connectivity index (χ0v) is 14.9. The van der Waals surface area contributed by atoms with Gasteiger partial charge in [-0.3, -0.25) is 4.79 Å². The standard InChI is InChI=1S/C18H30N2O3/c1-18(2)13-15(8-12-23-18)14-20(10-6-9-19(3)4)17(21)16-7-5-11-22-16/h5,7,11,15H,6,8-10,12-14H2,1-4H3/p+1/t15-/m1/s1. The molecule has 0 aromatic carbocycles. The first-order chi connectivity index (χ1) is 10.9. The number of hydrogen-bond acceptors (Lipinski definition) is 3. The molecule has 1 aliphatic heterocycles. The number of amides is 1. The molecule has 2 heterocycles. The van der Waals surface area contributed by atoms with E-state index in [0.29, 0.717) is 11.7 Å². The van der Waals surface area contributed by atoms with Crippen LogP contribution in [0.3, 0.4) is 0 Å². The lowest BCUT2D eigenvalue weighted by atomic mass is 9.88. The fourth-order valence-corrected chi connectivity index (χ4v) is 3.28. The Balaban J connectivity index is 1.99. The van der Waals surface area contributed by atoms with E-state index in [-0.39, 0.29) is 11.5 Å². The molecule has 1 aromatic heterocycles. The van der Waals surface area contributed by atoms with Gasteiger partial charge >= 0.3 is 0 Å². The summed E-state index contributed by atoms with van der Waals surface area (Å²) in [5.41, 5.74) is -0.0872. The Labute approximate surface area is 139 Å². The predicted octanol–water partition coefficient (Wildman–Crippen LogP) is 1.46. The average Bonchev–Trinajstić information content (AvgIpc) is 2.98. The fourth-order valence-electron chi connectivity index (χ4n) is 3.28. The van der Waals surface area contributed by atoms with E-state index in [1.54, 1.807) is 18.4 Å². The van der Waals surface area contributed by atoms with E-state index in [4.69, 9.17) is 9.15 Å². The van der Waals surface area contributed by atoms with Crippen LogP contribution in [-0.2, 0) is 4.74 Å². The smallest absolute Gasteiger partial charge is 0.289 e. The molecule has 5 heteroatoms. The highest BCUT2D eigenvalue weighted by Crippen LogP contribution is 2.29. The van der Waals surface area contributed by atoms with Gasteiger partial charge in [-0.05, 0) is 44.7 Å². The Morgan fingerprint density at radius 1 is 1.43 bits per heavy atom. The van der Waals surface area contributed by atoms with Gasteiger partial charge in [0.1, 0.15) is 0 Å². The SMILES string of the molecule is C[NH+](C)CCCN(C[C@@H]1CCOC(C)(C)C1)C(=O)c1ccco1. The number of rotatable bonds is 7. The summed E-state index contributed by atoms with van der Waals surface area (Å²) in [5.74, 6) is 0.936. The van der Waals surface area contributed by atoms with Crippen LogP contribution in [0, 0.1) is 5.92 Å². The number of quaternary nitrogens is 1. The van der Waals surface area contributed by atoms with Crippen molar-refractivity contribution in [3.05, 3.63) is 24.2 Å². The second-order valence-corrected chi connectivity index (χ2v) is 7.51. The molecule has 2 rings (SSSR count). The lowest BCUT2D eigenvalue weighted by Crippen LogP contribution is -3.05. The zero-order chi connectivity index (χ0) is 16.9. The van der Waals surface area contributed by atoms with Crippen molar-refractivity contribution >= 4 is 5.91 Å². The number of carbonyl (C=O) groups is 1. The summed E-state index contributed by atoms with van der Waals surface area (Å²) < 4.78 is 11.1. The Kier molecular flexibility index (Phi) is 6.25. The number of furan rings is 1. The van der Waals surface area contributed by atoms with Crippen molar-refractivity contribution in [1.29, 1.82) is 0 Å². The molecule has 5 nitrogen and oxygen atoms in total.